The van der Waals surface area contributed by atoms with Gasteiger partial charge in [0, 0.05) is 18.5 Å². The van der Waals surface area contributed by atoms with E-state index in [1.54, 1.807) is 6.92 Å². The zero-order valence-electron chi connectivity index (χ0n) is 8.34. The minimum atomic E-state index is 0.307. The predicted molar refractivity (Wildman–Crippen MR) is 50.1 cm³/mol. The van der Waals surface area contributed by atoms with Crippen LogP contribution in [0.4, 0.5) is 0 Å². The molecule has 0 N–H and O–H groups in total. The number of hydrogen-bond donors (Lipinski definition) is 0. The van der Waals surface area contributed by atoms with Crippen molar-refractivity contribution in [3.8, 4) is 0 Å². The van der Waals surface area contributed by atoms with Crippen LogP contribution < -0.4 is 0 Å². The van der Waals surface area contributed by atoms with Crippen LogP contribution in [0.1, 0.15) is 33.6 Å². The summed E-state index contributed by atoms with van der Waals surface area (Å²) in [4.78, 5) is 13.5. The molecule has 1 heterocycles. The Morgan fingerprint density at radius 3 is 2.67 bits per heavy atom. The first kappa shape index (κ1) is 9.72. The van der Waals surface area contributed by atoms with Crippen molar-refractivity contribution in [3.05, 3.63) is 0 Å². The van der Waals surface area contributed by atoms with E-state index in [2.05, 4.69) is 18.7 Å². The highest BCUT2D eigenvalue weighted by molar-refractivity contribution is 5.78. The van der Waals surface area contributed by atoms with Gasteiger partial charge in [-0.3, -0.25) is 4.79 Å². The van der Waals surface area contributed by atoms with Crippen molar-refractivity contribution in [2.45, 2.75) is 39.7 Å². The Morgan fingerprint density at radius 2 is 2.17 bits per heavy atom. The van der Waals surface area contributed by atoms with Gasteiger partial charge < -0.3 is 4.90 Å². The van der Waals surface area contributed by atoms with Crippen molar-refractivity contribution in [2.75, 3.05) is 13.1 Å². The maximum Gasteiger partial charge on any atom is 0.134 e. The van der Waals surface area contributed by atoms with E-state index in [9.17, 15) is 4.79 Å². The highest BCUT2D eigenvalue weighted by Gasteiger charge is 2.24. The number of rotatable bonds is 2. The van der Waals surface area contributed by atoms with Crippen molar-refractivity contribution in [1.29, 1.82) is 0 Å². The van der Waals surface area contributed by atoms with Crippen molar-refractivity contribution < 1.29 is 4.79 Å². The molecule has 70 valence electrons. The molecule has 0 amide bonds. The van der Waals surface area contributed by atoms with Crippen LogP contribution in [0, 0.1) is 5.92 Å². The summed E-state index contributed by atoms with van der Waals surface area (Å²) in [5.74, 6) is 0.668. The molecule has 1 rings (SSSR count). The average molecular weight is 169 g/mol. The van der Waals surface area contributed by atoms with Crippen LogP contribution in [-0.2, 0) is 4.79 Å². The van der Waals surface area contributed by atoms with E-state index in [1.165, 1.54) is 13.0 Å². The second-order valence-corrected chi connectivity index (χ2v) is 4.04. The summed E-state index contributed by atoms with van der Waals surface area (Å²) >= 11 is 0. The molecule has 2 nitrogen and oxygen atoms in total. The molecule has 1 aliphatic rings. The van der Waals surface area contributed by atoms with Gasteiger partial charge in [0.1, 0.15) is 5.78 Å². The minimum Gasteiger partial charge on any atom is -0.300 e. The van der Waals surface area contributed by atoms with Crippen molar-refractivity contribution in [3.63, 3.8) is 0 Å². The molecule has 0 saturated carbocycles. The largest absolute Gasteiger partial charge is 0.300 e. The molecule has 1 aliphatic heterocycles. The Labute approximate surface area is 74.9 Å². The molecule has 0 aromatic carbocycles. The van der Waals surface area contributed by atoms with Crippen molar-refractivity contribution >= 4 is 5.78 Å². The molecule has 0 aromatic heterocycles. The van der Waals surface area contributed by atoms with Gasteiger partial charge >= 0.3 is 0 Å². The molecule has 2 heteroatoms. The SMILES string of the molecule is CC(=O)[C@H]1CCCN(C(C)C)C1. The van der Waals surface area contributed by atoms with Gasteiger partial charge in [-0.1, -0.05) is 0 Å². The molecule has 0 aliphatic carbocycles. The third-order valence-corrected chi connectivity index (χ3v) is 2.76. The second-order valence-electron chi connectivity index (χ2n) is 4.04. The predicted octanol–water partition coefficient (Wildman–Crippen LogP) is 1.70. The second kappa shape index (κ2) is 4.04. The number of carbonyl (C=O) groups excluding carboxylic acids is 1. The summed E-state index contributed by atoms with van der Waals surface area (Å²) in [6.07, 6.45) is 2.28. The molecule has 1 atom stereocenters. The fourth-order valence-corrected chi connectivity index (χ4v) is 1.81. The number of carbonyl (C=O) groups is 1. The standard InChI is InChI=1S/C10H19NO/c1-8(2)11-6-4-5-10(7-11)9(3)12/h8,10H,4-7H2,1-3H3/t10-/m0/s1. The molecule has 1 fully saturated rings. The quantitative estimate of drug-likeness (QED) is 0.627. The third kappa shape index (κ3) is 2.31. The Bertz CT molecular complexity index is 165. The average Bonchev–Trinajstić information content (AvgIpc) is 2.04. The van der Waals surface area contributed by atoms with Crippen LogP contribution in [0.2, 0.25) is 0 Å². The monoisotopic (exact) mass is 169 g/mol. The van der Waals surface area contributed by atoms with Gasteiger partial charge in [0.05, 0.1) is 0 Å². The lowest BCUT2D eigenvalue weighted by Gasteiger charge is -2.34. The molecule has 0 unspecified atom stereocenters. The molecule has 0 aromatic rings. The first-order valence-corrected chi connectivity index (χ1v) is 4.85. The lowest BCUT2D eigenvalue weighted by molar-refractivity contribution is -0.122. The summed E-state index contributed by atoms with van der Waals surface area (Å²) in [7, 11) is 0. The maximum absolute atomic E-state index is 11.1. The molecule has 0 spiro atoms. The highest BCUT2D eigenvalue weighted by Crippen LogP contribution is 2.18. The van der Waals surface area contributed by atoms with Crippen molar-refractivity contribution in [2.24, 2.45) is 5.92 Å². The van der Waals surface area contributed by atoms with E-state index in [0.29, 0.717) is 17.7 Å². The van der Waals surface area contributed by atoms with Crippen molar-refractivity contribution in [1.82, 2.24) is 4.90 Å². The normalized spacial score (nSPS) is 26.2. The van der Waals surface area contributed by atoms with Gasteiger partial charge in [0.15, 0.2) is 0 Å². The van der Waals surface area contributed by atoms with Crippen LogP contribution >= 0.6 is 0 Å². The Kier molecular flexibility index (Phi) is 3.27. The molecule has 12 heavy (non-hydrogen) atoms. The summed E-state index contributed by atoms with van der Waals surface area (Å²) < 4.78 is 0. The summed E-state index contributed by atoms with van der Waals surface area (Å²) in [6.45, 7) is 8.26. The maximum atomic E-state index is 11.1. The van der Waals surface area contributed by atoms with Crippen LogP contribution in [0.25, 0.3) is 0 Å². The van der Waals surface area contributed by atoms with Gasteiger partial charge in [-0.05, 0) is 40.2 Å². The number of likely N-dealkylation sites (tertiary alicyclic amines) is 1. The first-order valence-electron chi connectivity index (χ1n) is 4.85. The summed E-state index contributed by atoms with van der Waals surface area (Å²) in [5.41, 5.74) is 0. The summed E-state index contributed by atoms with van der Waals surface area (Å²) in [6, 6.07) is 0.590. The lowest BCUT2D eigenvalue weighted by atomic mass is 9.94. The highest BCUT2D eigenvalue weighted by atomic mass is 16.1. The number of nitrogens with zero attached hydrogens (tertiary/aromatic N) is 1. The third-order valence-electron chi connectivity index (χ3n) is 2.76. The van der Waals surface area contributed by atoms with Gasteiger partial charge in [0.2, 0.25) is 0 Å². The van der Waals surface area contributed by atoms with E-state index in [0.717, 1.165) is 13.0 Å². The van der Waals surface area contributed by atoms with Gasteiger partial charge in [-0.15, -0.1) is 0 Å². The zero-order chi connectivity index (χ0) is 9.14. The minimum absolute atomic E-state index is 0.307. The van der Waals surface area contributed by atoms with Gasteiger partial charge in [0.25, 0.3) is 0 Å². The van der Waals surface area contributed by atoms with E-state index in [1.807, 2.05) is 0 Å². The lowest BCUT2D eigenvalue weighted by Crippen LogP contribution is -2.41. The fourth-order valence-electron chi connectivity index (χ4n) is 1.81. The Morgan fingerprint density at radius 1 is 1.50 bits per heavy atom. The van der Waals surface area contributed by atoms with E-state index >= 15 is 0 Å². The van der Waals surface area contributed by atoms with Gasteiger partial charge in [-0.25, -0.2) is 0 Å². The molecule has 1 saturated heterocycles. The summed E-state index contributed by atoms with van der Waals surface area (Å²) in [5, 5.41) is 0. The topological polar surface area (TPSA) is 20.3 Å². The Balaban J connectivity index is 2.46. The van der Waals surface area contributed by atoms with Crippen LogP contribution in [0.5, 0.6) is 0 Å². The fraction of sp³-hybridized carbons (Fsp3) is 0.900. The number of ketones is 1. The molecule has 0 radical (unpaired) electrons. The van der Waals surface area contributed by atoms with E-state index in [-0.39, 0.29) is 0 Å². The number of hydrogen-bond acceptors (Lipinski definition) is 2. The molecule has 0 bridgehead atoms. The van der Waals surface area contributed by atoms with Crippen LogP contribution in [0.15, 0.2) is 0 Å². The zero-order valence-corrected chi connectivity index (χ0v) is 8.34. The Hall–Kier alpha value is -0.370. The number of Topliss-reactive ketones (excluding diaryl/α,β-unsaturated/α-hetero) is 1. The van der Waals surface area contributed by atoms with Crippen LogP contribution in [-0.4, -0.2) is 29.8 Å². The first-order chi connectivity index (χ1) is 5.61. The van der Waals surface area contributed by atoms with Crippen LogP contribution in [0.3, 0.4) is 0 Å². The molecular formula is C10H19NO. The van der Waals surface area contributed by atoms with Gasteiger partial charge in [-0.2, -0.15) is 0 Å². The molecular weight excluding hydrogens is 150 g/mol. The smallest absolute Gasteiger partial charge is 0.134 e. The van der Waals surface area contributed by atoms with E-state index in [4.69, 9.17) is 0 Å². The number of piperidine rings is 1. The van der Waals surface area contributed by atoms with E-state index < -0.39 is 0 Å².